The van der Waals surface area contributed by atoms with E-state index >= 15 is 0 Å². The summed E-state index contributed by atoms with van der Waals surface area (Å²) in [6.07, 6.45) is 0. The highest BCUT2D eigenvalue weighted by atomic mass is 16.4. The number of rotatable bonds is 4. The summed E-state index contributed by atoms with van der Waals surface area (Å²) in [6, 6.07) is 8.36. The minimum absolute atomic E-state index is 0.119. The Balaban J connectivity index is 2.33. The van der Waals surface area contributed by atoms with Crippen LogP contribution in [0.25, 0.3) is 0 Å². The summed E-state index contributed by atoms with van der Waals surface area (Å²) >= 11 is 0. The van der Waals surface area contributed by atoms with Gasteiger partial charge in [0, 0.05) is 0 Å². The van der Waals surface area contributed by atoms with Crippen LogP contribution in [0.1, 0.15) is 26.3 Å². The van der Waals surface area contributed by atoms with E-state index in [1.807, 2.05) is 0 Å². The topological polar surface area (TPSA) is 120 Å². The molecule has 0 saturated heterocycles. The lowest BCUT2D eigenvalue weighted by Gasteiger charge is -2.02. The third-order valence-corrected chi connectivity index (χ3v) is 2.94. The van der Waals surface area contributed by atoms with E-state index in [0.29, 0.717) is 11.3 Å². The van der Waals surface area contributed by atoms with Crippen LogP contribution in [-0.4, -0.2) is 27.3 Å². The number of carboxylic acid groups (broad SMARTS) is 2. The first kappa shape index (κ1) is 15.2. The molecule has 0 heterocycles. The second-order valence-electron chi connectivity index (χ2n) is 4.51. The minimum Gasteiger partial charge on any atom is -0.507 e. The smallest absolute Gasteiger partial charge is 0.339 e. The van der Waals surface area contributed by atoms with Crippen molar-refractivity contribution < 1.29 is 24.9 Å². The molecule has 0 amide bonds. The van der Waals surface area contributed by atoms with Crippen molar-refractivity contribution in [3.63, 3.8) is 0 Å². The molecule has 0 atom stereocenters. The highest BCUT2D eigenvalue weighted by Crippen LogP contribution is 2.26. The zero-order valence-electron chi connectivity index (χ0n) is 11.5. The van der Waals surface area contributed by atoms with Crippen LogP contribution in [0.3, 0.4) is 0 Å². The van der Waals surface area contributed by atoms with Crippen LogP contribution in [0.4, 0.5) is 11.4 Å². The van der Waals surface area contributed by atoms with Gasteiger partial charge < -0.3 is 15.3 Å². The van der Waals surface area contributed by atoms with Gasteiger partial charge in [0.1, 0.15) is 11.3 Å². The molecule has 0 aliphatic rings. The number of carbonyl (C=O) groups is 2. The monoisotopic (exact) mass is 300 g/mol. The maximum absolute atomic E-state index is 11.0. The molecule has 0 bridgehead atoms. The Labute approximate surface area is 125 Å². The van der Waals surface area contributed by atoms with Crippen molar-refractivity contribution in [1.82, 2.24) is 0 Å². The van der Waals surface area contributed by atoms with Gasteiger partial charge in [-0.05, 0) is 42.8 Å². The quantitative estimate of drug-likeness (QED) is 0.746. The molecule has 0 aliphatic heterocycles. The maximum atomic E-state index is 11.0. The number of azo groups is 1. The molecule has 0 unspecified atom stereocenters. The lowest BCUT2D eigenvalue weighted by atomic mass is 10.1. The molecule has 2 aromatic carbocycles. The summed E-state index contributed by atoms with van der Waals surface area (Å²) < 4.78 is 0. The molecule has 0 fully saturated rings. The molecule has 22 heavy (non-hydrogen) atoms. The molecule has 0 aromatic heterocycles. The van der Waals surface area contributed by atoms with Gasteiger partial charge in [-0.1, -0.05) is 6.07 Å². The minimum atomic E-state index is -1.28. The molecule has 7 heteroatoms. The number of benzene rings is 2. The Morgan fingerprint density at radius 3 is 1.91 bits per heavy atom. The maximum Gasteiger partial charge on any atom is 0.339 e. The van der Waals surface area contributed by atoms with Crippen molar-refractivity contribution in [3.05, 3.63) is 53.1 Å². The van der Waals surface area contributed by atoms with Crippen LogP contribution in [0, 0.1) is 6.92 Å². The number of hydrogen-bond acceptors (Lipinski definition) is 5. The van der Waals surface area contributed by atoms with E-state index in [4.69, 9.17) is 10.2 Å². The number of hydrogen-bond donors (Lipinski definition) is 3. The van der Waals surface area contributed by atoms with E-state index in [1.165, 1.54) is 24.3 Å². The van der Waals surface area contributed by atoms with Crippen molar-refractivity contribution in [3.8, 4) is 5.75 Å². The van der Waals surface area contributed by atoms with Crippen LogP contribution in [0.15, 0.2) is 46.6 Å². The van der Waals surface area contributed by atoms with Crippen LogP contribution in [0.2, 0.25) is 0 Å². The fourth-order valence-electron chi connectivity index (χ4n) is 1.78. The van der Waals surface area contributed by atoms with E-state index < -0.39 is 11.9 Å². The van der Waals surface area contributed by atoms with Gasteiger partial charge in [0.05, 0.1) is 16.9 Å². The number of nitrogens with zero attached hydrogens (tertiary/aromatic N) is 2. The van der Waals surface area contributed by atoms with E-state index in [2.05, 4.69) is 10.2 Å². The summed E-state index contributed by atoms with van der Waals surface area (Å²) in [4.78, 5) is 21.9. The predicted octanol–water partition coefficient (Wildman–Crippen LogP) is 3.51. The van der Waals surface area contributed by atoms with Gasteiger partial charge in [0.15, 0.2) is 0 Å². The number of carboxylic acids is 2. The van der Waals surface area contributed by atoms with Gasteiger partial charge in [0.2, 0.25) is 0 Å². The van der Waals surface area contributed by atoms with Gasteiger partial charge in [0.25, 0.3) is 0 Å². The van der Waals surface area contributed by atoms with Crippen LogP contribution >= 0.6 is 0 Å². The average molecular weight is 300 g/mol. The molecule has 0 saturated carbocycles. The molecule has 112 valence electrons. The first-order valence-corrected chi connectivity index (χ1v) is 6.20. The molecular formula is C15H12N2O5. The predicted molar refractivity (Wildman–Crippen MR) is 77.4 cm³/mol. The molecule has 2 aromatic rings. The summed E-state index contributed by atoms with van der Waals surface area (Å²) in [5.41, 5.74) is 0.991. The van der Waals surface area contributed by atoms with Gasteiger partial charge in [-0.25, -0.2) is 9.59 Å². The SMILES string of the molecule is Cc1ccc(N=Nc2ccc(O)c(C(=O)O)c2)cc1C(=O)O. The molecule has 0 aliphatic carbocycles. The second-order valence-corrected chi connectivity index (χ2v) is 4.51. The van der Waals surface area contributed by atoms with Crippen molar-refractivity contribution in [1.29, 1.82) is 0 Å². The lowest BCUT2D eigenvalue weighted by Crippen LogP contribution is -1.98. The fraction of sp³-hybridized carbons (Fsp3) is 0.0667. The second kappa shape index (κ2) is 6.04. The fourth-order valence-corrected chi connectivity index (χ4v) is 1.78. The van der Waals surface area contributed by atoms with Crippen LogP contribution in [0.5, 0.6) is 5.75 Å². The highest BCUT2D eigenvalue weighted by Gasteiger charge is 2.10. The lowest BCUT2D eigenvalue weighted by molar-refractivity contribution is 0.0683. The summed E-state index contributed by atoms with van der Waals surface area (Å²) in [7, 11) is 0. The number of aromatic carboxylic acids is 2. The van der Waals surface area contributed by atoms with Crippen molar-refractivity contribution >= 4 is 23.3 Å². The van der Waals surface area contributed by atoms with Gasteiger partial charge in [-0.15, -0.1) is 0 Å². The largest absolute Gasteiger partial charge is 0.507 e. The third kappa shape index (κ3) is 3.26. The van der Waals surface area contributed by atoms with E-state index in [0.717, 1.165) is 0 Å². The van der Waals surface area contributed by atoms with E-state index in [9.17, 15) is 14.7 Å². The summed E-state index contributed by atoms with van der Waals surface area (Å²) in [5, 5.41) is 35.1. The summed E-state index contributed by atoms with van der Waals surface area (Å²) in [6.45, 7) is 1.67. The summed E-state index contributed by atoms with van der Waals surface area (Å²) in [5.74, 6) is -2.71. The van der Waals surface area contributed by atoms with E-state index in [1.54, 1.807) is 19.1 Å². The van der Waals surface area contributed by atoms with E-state index in [-0.39, 0.29) is 22.6 Å². The molecule has 3 N–H and O–H groups in total. The Morgan fingerprint density at radius 1 is 0.864 bits per heavy atom. The zero-order valence-corrected chi connectivity index (χ0v) is 11.5. The first-order valence-electron chi connectivity index (χ1n) is 6.20. The highest BCUT2D eigenvalue weighted by molar-refractivity contribution is 5.92. The van der Waals surface area contributed by atoms with Crippen molar-refractivity contribution in [2.45, 2.75) is 6.92 Å². The Bertz CT molecular complexity index is 718. The standard InChI is InChI=1S/C15H12N2O5/c1-8-2-3-9(6-11(8)14(19)20)16-17-10-4-5-13(18)12(7-10)15(21)22/h2-7,18H,1H3,(H,19,20)(H,21,22). The first-order chi connectivity index (χ1) is 10.4. The molecule has 0 spiro atoms. The average Bonchev–Trinajstić information content (AvgIpc) is 2.47. The zero-order chi connectivity index (χ0) is 16.3. The number of phenols is 1. The van der Waals surface area contributed by atoms with Gasteiger partial charge >= 0.3 is 11.9 Å². The van der Waals surface area contributed by atoms with Crippen molar-refractivity contribution in [2.24, 2.45) is 10.2 Å². The molecule has 2 rings (SSSR count). The Hall–Kier alpha value is -3.22. The third-order valence-electron chi connectivity index (χ3n) is 2.94. The molecule has 7 nitrogen and oxygen atoms in total. The Kier molecular flexibility index (Phi) is 4.17. The molecular weight excluding hydrogens is 288 g/mol. The number of aromatic hydroxyl groups is 1. The molecule has 0 radical (unpaired) electrons. The van der Waals surface area contributed by atoms with Crippen LogP contribution < -0.4 is 0 Å². The van der Waals surface area contributed by atoms with Gasteiger partial charge in [-0.2, -0.15) is 10.2 Å². The van der Waals surface area contributed by atoms with Crippen LogP contribution in [-0.2, 0) is 0 Å². The van der Waals surface area contributed by atoms with Crippen molar-refractivity contribution in [2.75, 3.05) is 0 Å². The van der Waals surface area contributed by atoms with Gasteiger partial charge in [-0.3, -0.25) is 0 Å². The Morgan fingerprint density at radius 2 is 1.36 bits per heavy atom. The number of aryl methyl sites for hydroxylation is 1. The normalized spacial score (nSPS) is 10.8.